The number of nitrogens with zero attached hydrogens (tertiary/aromatic N) is 1. The molecule has 3 N–H and O–H groups in total. The Morgan fingerprint density at radius 3 is 2.23 bits per heavy atom. The quantitative estimate of drug-likeness (QED) is 0.340. The van der Waals surface area contributed by atoms with Crippen LogP contribution in [0.1, 0.15) is 27.8 Å². The number of hydrogen-bond donors (Lipinski definition) is 3. The number of nitrogens with one attached hydrogen (secondary N) is 3. The summed E-state index contributed by atoms with van der Waals surface area (Å²) < 4.78 is 33.0. The minimum absolute atomic E-state index is 0.0767. The minimum Gasteiger partial charge on any atom is -0.494 e. The van der Waals surface area contributed by atoms with E-state index < -0.39 is 21.8 Å². The van der Waals surface area contributed by atoms with Crippen molar-refractivity contribution in [3.63, 3.8) is 0 Å². The highest BCUT2D eigenvalue weighted by Gasteiger charge is 2.15. The molecule has 0 fully saturated rings. The number of amides is 2. The van der Waals surface area contributed by atoms with Crippen molar-refractivity contribution in [2.45, 2.75) is 11.8 Å². The molecule has 4 aromatic rings. The fourth-order valence-electron chi connectivity index (χ4n) is 3.23. The first-order valence-electron chi connectivity index (χ1n) is 10.7. The van der Waals surface area contributed by atoms with Crippen molar-refractivity contribution < 1.29 is 22.7 Å². The minimum atomic E-state index is -3.82. The molecule has 3 aromatic carbocycles. The SMILES string of the molecule is CCOc1ccc(S(=O)(=O)Nc2ccc(C(=O)NNC(=O)c3ccc4ccccc4n3)cc2)cc1. The molecule has 1 heterocycles. The topological polar surface area (TPSA) is 126 Å². The number of carbonyl (C=O) groups is 2. The molecule has 0 saturated heterocycles. The number of fused-ring (bicyclic) bond motifs is 1. The highest BCUT2D eigenvalue weighted by Crippen LogP contribution is 2.20. The Morgan fingerprint density at radius 1 is 0.829 bits per heavy atom. The van der Waals surface area contributed by atoms with Crippen LogP contribution in [0.15, 0.2) is 89.8 Å². The van der Waals surface area contributed by atoms with Gasteiger partial charge in [-0.25, -0.2) is 13.4 Å². The molecule has 0 aliphatic rings. The summed E-state index contributed by atoms with van der Waals surface area (Å²) in [6.45, 7) is 2.32. The molecule has 0 radical (unpaired) electrons. The van der Waals surface area contributed by atoms with Gasteiger partial charge in [0.05, 0.1) is 17.0 Å². The number of ether oxygens (including phenoxy) is 1. The maximum Gasteiger partial charge on any atom is 0.288 e. The third kappa shape index (κ3) is 5.74. The molecule has 0 bridgehead atoms. The van der Waals surface area contributed by atoms with Crippen molar-refractivity contribution in [3.05, 3.63) is 96.2 Å². The molecule has 4 rings (SSSR count). The number of hydrogen-bond acceptors (Lipinski definition) is 6. The molecule has 0 aliphatic carbocycles. The first-order valence-corrected chi connectivity index (χ1v) is 12.2. The van der Waals surface area contributed by atoms with E-state index in [0.29, 0.717) is 17.9 Å². The summed E-state index contributed by atoms with van der Waals surface area (Å²) in [7, 11) is -3.82. The third-order valence-electron chi connectivity index (χ3n) is 4.96. The Morgan fingerprint density at radius 2 is 1.51 bits per heavy atom. The van der Waals surface area contributed by atoms with Crippen molar-refractivity contribution >= 4 is 38.4 Å². The predicted octanol–water partition coefficient (Wildman–Crippen LogP) is 3.51. The van der Waals surface area contributed by atoms with Crippen LogP contribution in [-0.2, 0) is 10.0 Å². The van der Waals surface area contributed by atoms with Crippen molar-refractivity contribution in [1.29, 1.82) is 0 Å². The number of carbonyl (C=O) groups excluding carboxylic acids is 2. The van der Waals surface area contributed by atoms with Gasteiger partial charge in [0.25, 0.3) is 21.8 Å². The van der Waals surface area contributed by atoms with E-state index in [1.807, 2.05) is 25.1 Å². The zero-order chi connectivity index (χ0) is 24.8. The second-order valence-corrected chi connectivity index (χ2v) is 9.07. The zero-order valence-corrected chi connectivity index (χ0v) is 19.5. The van der Waals surface area contributed by atoms with E-state index in [1.165, 1.54) is 36.4 Å². The molecule has 2 amide bonds. The Kier molecular flexibility index (Phi) is 6.93. The van der Waals surface area contributed by atoms with Gasteiger partial charge >= 0.3 is 0 Å². The second kappa shape index (κ2) is 10.2. The first kappa shape index (κ1) is 23.7. The lowest BCUT2D eigenvalue weighted by Gasteiger charge is -2.10. The van der Waals surface area contributed by atoms with Crippen molar-refractivity contribution in [2.75, 3.05) is 11.3 Å². The Balaban J connectivity index is 1.36. The van der Waals surface area contributed by atoms with Gasteiger partial charge in [0.15, 0.2) is 0 Å². The summed E-state index contributed by atoms with van der Waals surface area (Å²) in [5, 5.41) is 0.895. The van der Waals surface area contributed by atoms with E-state index in [9.17, 15) is 18.0 Å². The summed E-state index contributed by atoms with van der Waals surface area (Å²) in [5.74, 6) is -0.561. The lowest BCUT2D eigenvalue weighted by molar-refractivity contribution is 0.0844. The number of sulfonamides is 1. The van der Waals surface area contributed by atoms with E-state index >= 15 is 0 Å². The maximum absolute atomic E-state index is 12.6. The van der Waals surface area contributed by atoms with Crippen LogP contribution in [-0.4, -0.2) is 31.8 Å². The molecular weight excluding hydrogens is 468 g/mol. The number of pyridine rings is 1. The highest BCUT2D eigenvalue weighted by atomic mass is 32.2. The Hall–Kier alpha value is -4.44. The van der Waals surface area contributed by atoms with E-state index in [0.717, 1.165) is 5.39 Å². The third-order valence-corrected chi connectivity index (χ3v) is 6.36. The van der Waals surface area contributed by atoms with Crippen LogP contribution in [0.3, 0.4) is 0 Å². The summed E-state index contributed by atoms with van der Waals surface area (Å²) in [5.41, 5.74) is 5.97. The van der Waals surface area contributed by atoms with Gasteiger partial charge in [-0.1, -0.05) is 24.3 Å². The smallest absolute Gasteiger partial charge is 0.288 e. The van der Waals surface area contributed by atoms with E-state index in [4.69, 9.17) is 4.74 Å². The van der Waals surface area contributed by atoms with Crippen molar-refractivity contribution in [1.82, 2.24) is 15.8 Å². The molecule has 0 saturated carbocycles. The molecule has 0 spiro atoms. The summed E-state index contributed by atoms with van der Waals surface area (Å²) >= 11 is 0. The van der Waals surface area contributed by atoms with Crippen molar-refractivity contribution in [3.8, 4) is 5.75 Å². The Labute approximate surface area is 202 Å². The second-order valence-electron chi connectivity index (χ2n) is 7.38. The zero-order valence-electron chi connectivity index (χ0n) is 18.7. The lowest BCUT2D eigenvalue weighted by Crippen LogP contribution is -2.41. The number of anilines is 1. The van der Waals surface area contributed by atoms with Gasteiger partial charge in [0.2, 0.25) is 0 Å². The fourth-order valence-corrected chi connectivity index (χ4v) is 4.29. The van der Waals surface area contributed by atoms with Gasteiger partial charge in [-0.05, 0) is 67.6 Å². The number of rotatable bonds is 7. The lowest BCUT2D eigenvalue weighted by atomic mass is 10.2. The van der Waals surface area contributed by atoms with Gasteiger partial charge < -0.3 is 4.74 Å². The van der Waals surface area contributed by atoms with Crippen LogP contribution >= 0.6 is 0 Å². The first-order chi connectivity index (χ1) is 16.9. The molecule has 178 valence electrons. The molecule has 10 heteroatoms. The van der Waals surface area contributed by atoms with Crippen LogP contribution < -0.4 is 20.3 Å². The number of para-hydroxylation sites is 1. The number of benzene rings is 3. The molecule has 35 heavy (non-hydrogen) atoms. The van der Waals surface area contributed by atoms with E-state index in [1.54, 1.807) is 30.3 Å². The monoisotopic (exact) mass is 490 g/mol. The molecule has 0 atom stereocenters. The van der Waals surface area contributed by atoms with Crippen LogP contribution in [0.25, 0.3) is 10.9 Å². The normalized spacial score (nSPS) is 11.0. The van der Waals surface area contributed by atoms with Gasteiger partial charge in [-0.3, -0.25) is 25.2 Å². The Bertz CT molecular complexity index is 1470. The fraction of sp³-hybridized carbons (Fsp3) is 0.0800. The number of hydrazine groups is 1. The molecule has 0 aliphatic heterocycles. The largest absolute Gasteiger partial charge is 0.494 e. The summed E-state index contributed by atoms with van der Waals surface area (Å²) in [4.78, 5) is 29.1. The van der Waals surface area contributed by atoms with Crippen LogP contribution in [0.2, 0.25) is 0 Å². The molecule has 0 unspecified atom stereocenters. The maximum atomic E-state index is 12.6. The van der Waals surface area contributed by atoms with Crippen molar-refractivity contribution in [2.24, 2.45) is 0 Å². The number of aromatic nitrogens is 1. The average Bonchev–Trinajstić information content (AvgIpc) is 2.87. The summed E-state index contributed by atoms with van der Waals surface area (Å²) in [6.07, 6.45) is 0. The highest BCUT2D eigenvalue weighted by molar-refractivity contribution is 7.92. The average molecular weight is 491 g/mol. The van der Waals surface area contributed by atoms with Gasteiger partial charge in [-0.15, -0.1) is 0 Å². The standard InChI is InChI=1S/C25H22N4O5S/c1-2-34-20-12-14-21(15-13-20)35(32,33)29-19-10-7-18(8-11-19)24(30)27-28-25(31)23-16-9-17-5-3-4-6-22(17)26-23/h3-16,29H,2H2,1H3,(H,27,30)(H,28,31). The van der Waals surface area contributed by atoms with Gasteiger partial charge in [-0.2, -0.15) is 0 Å². The molecular formula is C25H22N4O5S. The van der Waals surface area contributed by atoms with Crippen LogP contribution in [0.5, 0.6) is 5.75 Å². The van der Waals surface area contributed by atoms with Crippen LogP contribution in [0, 0.1) is 0 Å². The van der Waals surface area contributed by atoms with Crippen LogP contribution in [0.4, 0.5) is 5.69 Å². The molecule has 9 nitrogen and oxygen atoms in total. The van der Waals surface area contributed by atoms with Gasteiger partial charge in [0, 0.05) is 16.6 Å². The molecule has 1 aromatic heterocycles. The van der Waals surface area contributed by atoms with E-state index in [2.05, 4.69) is 20.6 Å². The van der Waals surface area contributed by atoms with E-state index in [-0.39, 0.29) is 21.8 Å². The summed E-state index contributed by atoms with van der Waals surface area (Å²) in [6, 6.07) is 22.5. The predicted molar refractivity (Wildman–Crippen MR) is 132 cm³/mol. The van der Waals surface area contributed by atoms with Gasteiger partial charge in [0.1, 0.15) is 11.4 Å².